The molecule has 0 amide bonds. The molecular formula is C18H28FNO. The van der Waals surface area contributed by atoms with E-state index in [4.69, 9.17) is 4.74 Å². The summed E-state index contributed by atoms with van der Waals surface area (Å²) in [5, 5.41) is 3.23. The summed E-state index contributed by atoms with van der Waals surface area (Å²) < 4.78 is 20.2. The third-order valence-electron chi connectivity index (χ3n) is 4.39. The van der Waals surface area contributed by atoms with E-state index in [1.165, 1.54) is 12.5 Å². The number of rotatable bonds is 5. The Kier molecular flexibility index (Phi) is 5.63. The van der Waals surface area contributed by atoms with Crippen LogP contribution in [0.4, 0.5) is 4.39 Å². The van der Waals surface area contributed by atoms with E-state index in [-0.39, 0.29) is 18.0 Å². The van der Waals surface area contributed by atoms with Gasteiger partial charge in [-0.3, -0.25) is 0 Å². The second kappa shape index (κ2) is 7.26. The van der Waals surface area contributed by atoms with E-state index >= 15 is 0 Å². The van der Waals surface area contributed by atoms with Crippen molar-refractivity contribution in [3.63, 3.8) is 0 Å². The van der Waals surface area contributed by atoms with Gasteiger partial charge in [0.25, 0.3) is 0 Å². The van der Waals surface area contributed by atoms with Gasteiger partial charge in [0.05, 0.1) is 6.10 Å². The predicted molar refractivity (Wildman–Crippen MR) is 85.1 cm³/mol. The summed E-state index contributed by atoms with van der Waals surface area (Å²) in [6, 6.07) is 5.30. The van der Waals surface area contributed by atoms with Crippen molar-refractivity contribution in [3.8, 4) is 5.75 Å². The van der Waals surface area contributed by atoms with Crippen molar-refractivity contribution >= 4 is 0 Å². The number of ether oxygens (including phenoxy) is 1. The molecule has 0 bridgehead atoms. The van der Waals surface area contributed by atoms with E-state index in [2.05, 4.69) is 19.2 Å². The number of hydrogen-bond acceptors (Lipinski definition) is 2. The van der Waals surface area contributed by atoms with Crippen molar-refractivity contribution in [2.45, 2.75) is 59.1 Å². The smallest absolute Gasteiger partial charge is 0.131 e. The van der Waals surface area contributed by atoms with Crippen LogP contribution in [0.3, 0.4) is 0 Å². The first-order chi connectivity index (χ1) is 9.99. The van der Waals surface area contributed by atoms with Crippen LogP contribution in [-0.2, 0) is 0 Å². The average Bonchev–Trinajstić information content (AvgIpc) is 2.37. The zero-order chi connectivity index (χ0) is 15.4. The van der Waals surface area contributed by atoms with Gasteiger partial charge in [-0.2, -0.15) is 0 Å². The molecule has 3 atom stereocenters. The molecule has 2 rings (SSSR count). The first kappa shape index (κ1) is 16.3. The van der Waals surface area contributed by atoms with Crippen LogP contribution in [0.2, 0.25) is 0 Å². The molecule has 0 heterocycles. The zero-order valence-corrected chi connectivity index (χ0v) is 13.7. The fourth-order valence-electron chi connectivity index (χ4n) is 3.51. The van der Waals surface area contributed by atoms with Crippen LogP contribution in [0, 0.1) is 17.7 Å². The number of hydrogen-bond donors (Lipinski definition) is 1. The van der Waals surface area contributed by atoms with Crippen LogP contribution < -0.4 is 10.1 Å². The Morgan fingerprint density at radius 2 is 1.90 bits per heavy atom. The summed E-state index contributed by atoms with van der Waals surface area (Å²) in [6.45, 7) is 9.38. The Morgan fingerprint density at radius 1 is 1.24 bits per heavy atom. The summed E-state index contributed by atoms with van der Waals surface area (Å²) in [6.07, 6.45) is 3.64. The molecule has 1 fully saturated rings. The molecule has 3 heteroatoms. The number of halogens is 1. The number of nitrogens with one attached hydrogen (secondary N) is 1. The Bertz CT molecular complexity index is 453. The summed E-state index contributed by atoms with van der Waals surface area (Å²) >= 11 is 0. The van der Waals surface area contributed by atoms with Gasteiger partial charge in [-0.25, -0.2) is 4.39 Å². The summed E-state index contributed by atoms with van der Waals surface area (Å²) in [7, 11) is 0. The molecule has 1 N–H and O–H groups in total. The van der Waals surface area contributed by atoms with Crippen LogP contribution in [-0.4, -0.2) is 12.6 Å². The van der Waals surface area contributed by atoms with E-state index < -0.39 is 0 Å². The topological polar surface area (TPSA) is 21.3 Å². The maximum absolute atomic E-state index is 14.2. The number of benzene rings is 1. The third kappa shape index (κ3) is 4.44. The third-order valence-corrected chi connectivity index (χ3v) is 4.39. The Balaban J connectivity index is 2.03. The van der Waals surface area contributed by atoms with Crippen molar-refractivity contribution in [3.05, 3.63) is 29.6 Å². The highest BCUT2D eigenvalue weighted by Crippen LogP contribution is 2.32. The second-order valence-corrected chi connectivity index (χ2v) is 6.62. The SMILES string of the molecule is CCNC(C)c1ccc(OC2CC(C)CC(C)C2)cc1F. The minimum absolute atomic E-state index is 0.0266. The molecule has 0 spiro atoms. The van der Waals surface area contributed by atoms with Crippen LogP contribution in [0.15, 0.2) is 18.2 Å². The molecule has 0 saturated heterocycles. The lowest BCUT2D eigenvalue weighted by atomic mass is 9.82. The molecule has 3 unspecified atom stereocenters. The molecule has 1 aromatic carbocycles. The molecule has 0 aliphatic heterocycles. The van der Waals surface area contributed by atoms with E-state index in [0.717, 1.165) is 19.4 Å². The van der Waals surface area contributed by atoms with Gasteiger partial charge < -0.3 is 10.1 Å². The van der Waals surface area contributed by atoms with Gasteiger partial charge in [-0.05, 0) is 50.6 Å². The maximum atomic E-state index is 14.2. The highest BCUT2D eigenvalue weighted by atomic mass is 19.1. The van der Waals surface area contributed by atoms with E-state index in [1.807, 2.05) is 26.0 Å². The first-order valence-electron chi connectivity index (χ1n) is 8.19. The molecule has 1 aliphatic rings. The largest absolute Gasteiger partial charge is 0.490 e. The van der Waals surface area contributed by atoms with Crippen molar-refractivity contribution in [2.24, 2.45) is 11.8 Å². The minimum Gasteiger partial charge on any atom is -0.490 e. The lowest BCUT2D eigenvalue weighted by Gasteiger charge is -2.31. The lowest BCUT2D eigenvalue weighted by molar-refractivity contribution is 0.101. The zero-order valence-electron chi connectivity index (χ0n) is 13.7. The van der Waals surface area contributed by atoms with Gasteiger partial charge in [0, 0.05) is 17.7 Å². The highest BCUT2D eigenvalue weighted by molar-refractivity contribution is 5.31. The Labute approximate surface area is 128 Å². The summed E-state index contributed by atoms with van der Waals surface area (Å²) in [5.41, 5.74) is 0.703. The molecule has 0 aromatic heterocycles. The van der Waals surface area contributed by atoms with E-state index in [1.54, 1.807) is 0 Å². The van der Waals surface area contributed by atoms with E-state index in [0.29, 0.717) is 23.1 Å². The summed E-state index contributed by atoms with van der Waals surface area (Å²) in [5.74, 6) is 1.86. The van der Waals surface area contributed by atoms with Crippen LogP contribution in [0.1, 0.15) is 58.6 Å². The van der Waals surface area contributed by atoms with Gasteiger partial charge in [-0.15, -0.1) is 0 Å². The van der Waals surface area contributed by atoms with Crippen LogP contribution >= 0.6 is 0 Å². The predicted octanol–water partition coefficient (Wildman–Crippen LogP) is 4.70. The average molecular weight is 293 g/mol. The summed E-state index contributed by atoms with van der Waals surface area (Å²) in [4.78, 5) is 0. The van der Waals surface area contributed by atoms with Gasteiger partial charge >= 0.3 is 0 Å². The fraction of sp³-hybridized carbons (Fsp3) is 0.667. The molecule has 1 saturated carbocycles. The Hall–Kier alpha value is -1.09. The van der Waals surface area contributed by atoms with Crippen LogP contribution in [0.5, 0.6) is 5.75 Å². The molecule has 1 aromatic rings. The standard InChI is InChI=1S/C18H28FNO/c1-5-20-14(4)17-7-6-15(11-18(17)19)21-16-9-12(2)8-13(3)10-16/h6-7,11-14,16,20H,5,8-10H2,1-4H3. The molecule has 0 radical (unpaired) electrons. The first-order valence-corrected chi connectivity index (χ1v) is 8.19. The normalized spacial score (nSPS) is 27.4. The fourth-order valence-corrected chi connectivity index (χ4v) is 3.51. The van der Waals surface area contributed by atoms with Crippen LogP contribution in [0.25, 0.3) is 0 Å². The monoisotopic (exact) mass is 293 g/mol. The van der Waals surface area contributed by atoms with Gasteiger partial charge in [0.2, 0.25) is 0 Å². The van der Waals surface area contributed by atoms with Crippen molar-refractivity contribution in [2.75, 3.05) is 6.54 Å². The maximum Gasteiger partial charge on any atom is 0.131 e. The molecule has 2 nitrogen and oxygen atoms in total. The van der Waals surface area contributed by atoms with Gasteiger partial charge in [0.15, 0.2) is 0 Å². The van der Waals surface area contributed by atoms with E-state index in [9.17, 15) is 4.39 Å². The molecular weight excluding hydrogens is 265 g/mol. The molecule has 1 aliphatic carbocycles. The quantitative estimate of drug-likeness (QED) is 0.849. The van der Waals surface area contributed by atoms with Crippen molar-refractivity contribution < 1.29 is 9.13 Å². The highest BCUT2D eigenvalue weighted by Gasteiger charge is 2.25. The Morgan fingerprint density at radius 3 is 2.48 bits per heavy atom. The minimum atomic E-state index is -0.183. The van der Waals surface area contributed by atoms with Gasteiger partial charge in [0.1, 0.15) is 11.6 Å². The second-order valence-electron chi connectivity index (χ2n) is 6.62. The molecule has 118 valence electrons. The lowest BCUT2D eigenvalue weighted by Crippen LogP contribution is -2.28. The van der Waals surface area contributed by atoms with Crippen molar-refractivity contribution in [1.82, 2.24) is 5.32 Å². The molecule has 21 heavy (non-hydrogen) atoms. The van der Waals surface area contributed by atoms with Crippen molar-refractivity contribution in [1.29, 1.82) is 0 Å². The van der Waals surface area contributed by atoms with Gasteiger partial charge in [-0.1, -0.05) is 26.8 Å².